The molecule has 0 amide bonds. The molecule has 1 heteroatoms. The molecule has 67 valence electrons. The van der Waals surface area contributed by atoms with Gasteiger partial charge in [-0.3, -0.25) is 0 Å². The van der Waals surface area contributed by atoms with E-state index in [1.54, 1.807) is 0 Å². The van der Waals surface area contributed by atoms with Gasteiger partial charge in [-0.2, -0.15) is 0 Å². The van der Waals surface area contributed by atoms with Gasteiger partial charge in [0.15, 0.2) is 0 Å². The molecular weight excluding hydrogens is 151 g/mol. The molecule has 0 aromatic heterocycles. The van der Waals surface area contributed by atoms with Crippen LogP contribution in [-0.4, -0.2) is 17.7 Å². The second-order valence-electron chi connectivity index (χ2n) is 3.25. The SMILES string of the molecule is Cc1[c]c(C)c(C)c(C)c1C.[Li][CH3]. The Hall–Kier alpha value is -0.183. The molecule has 1 aromatic carbocycles. The van der Waals surface area contributed by atoms with E-state index in [0.717, 1.165) is 0 Å². The molecule has 0 nitrogen and oxygen atoms in total. The maximum atomic E-state index is 3.35. The number of aryl methyl sites for hydroxylation is 2. The summed E-state index contributed by atoms with van der Waals surface area (Å²) >= 11 is 2.00. The van der Waals surface area contributed by atoms with Gasteiger partial charge >= 0.3 is 23.3 Å². The summed E-state index contributed by atoms with van der Waals surface area (Å²) in [5, 5.41) is 0. The zero-order chi connectivity index (χ0) is 10.6. The summed E-state index contributed by atoms with van der Waals surface area (Å²) in [6, 6.07) is 3.35. The van der Waals surface area contributed by atoms with Crippen LogP contribution in [-0.2, 0) is 0 Å². The van der Waals surface area contributed by atoms with Gasteiger partial charge < -0.3 is 0 Å². The Kier molecular flexibility index (Phi) is 5.45. The van der Waals surface area contributed by atoms with E-state index < -0.39 is 0 Å². The van der Waals surface area contributed by atoms with Crippen LogP contribution in [0.1, 0.15) is 27.8 Å². The summed E-state index contributed by atoms with van der Waals surface area (Å²) < 4.78 is 0. The van der Waals surface area contributed by atoms with E-state index in [0.29, 0.717) is 0 Å². The van der Waals surface area contributed by atoms with Crippen LogP contribution in [0.25, 0.3) is 0 Å². The van der Waals surface area contributed by atoms with Crippen molar-refractivity contribution in [1.82, 2.24) is 0 Å². The van der Waals surface area contributed by atoms with Crippen molar-refractivity contribution in [2.45, 2.75) is 40.2 Å². The van der Waals surface area contributed by atoms with Crippen LogP contribution in [0.5, 0.6) is 0 Å². The van der Waals surface area contributed by atoms with E-state index in [1.165, 1.54) is 27.8 Å². The molecule has 13 heavy (non-hydrogen) atoms. The average Bonchev–Trinajstić information content (AvgIpc) is 2.15. The Morgan fingerprint density at radius 2 is 1.00 bits per heavy atom. The number of hydrogen-bond donors (Lipinski definition) is 0. The molecule has 0 atom stereocenters. The van der Waals surface area contributed by atoms with Crippen LogP contribution in [0.15, 0.2) is 0 Å². The second-order valence-corrected chi connectivity index (χ2v) is 3.25. The van der Waals surface area contributed by atoms with Crippen LogP contribution in [0.4, 0.5) is 0 Å². The molecule has 1 rings (SSSR count). The molecule has 0 spiro atoms. The normalized spacial score (nSPS) is 9.23. The molecule has 0 saturated carbocycles. The van der Waals surface area contributed by atoms with E-state index in [1.807, 2.05) is 23.3 Å². The summed E-state index contributed by atoms with van der Waals surface area (Å²) in [5.74, 6) is 0. The first-order valence-corrected chi connectivity index (χ1v) is 5.00. The van der Waals surface area contributed by atoms with E-state index in [4.69, 9.17) is 0 Å². The van der Waals surface area contributed by atoms with Gasteiger partial charge in [0, 0.05) is 0 Å². The monoisotopic (exact) mass is 169 g/mol. The van der Waals surface area contributed by atoms with E-state index in [2.05, 4.69) is 40.7 Å². The predicted molar refractivity (Wildman–Crippen MR) is 60.6 cm³/mol. The minimum atomic E-state index is 1.28. The Morgan fingerprint density at radius 1 is 0.692 bits per heavy atom. The van der Waals surface area contributed by atoms with Gasteiger partial charge in [0.1, 0.15) is 0 Å². The molecule has 0 aliphatic rings. The fraction of sp³-hybridized carbons (Fsp3) is 0.500. The van der Waals surface area contributed by atoms with E-state index >= 15 is 0 Å². The Labute approximate surface area is 91.9 Å². The molecule has 0 aliphatic heterocycles. The van der Waals surface area contributed by atoms with Gasteiger partial charge in [0.2, 0.25) is 0 Å². The van der Waals surface area contributed by atoms with Gasteiger partial charge in [0.25, 0.3) is 0 Å². The first-order valence-electron chi connectivity index (χ1n) is 5.00. The summed E-state index contributed by atoms with van der Waals surface area (Å²) in [6.45, 7) is 10.7. The fourth-order valence-electron chi connectivity index (χ4n) is 1.31. The topological polar surface area (TPSA) is 0 Å². The van der Waals surface area contributed by atoms with Crippen LogP contribution >= 0.6 is 0 Å². The molecule has 1 radical (unpaired) electrons. The summed E-state index contributed by atoms with van der Waals surface area (Å²) in [6.07, 6.45) is 0. The molecular formula is C12H18Li. The predicted octanol–water partition coefficient (Wildman–Crippen LogP) is 3.23. The van der Waals surface area contributed by atoms with Crippen molar-refractivity contribution in [3.63, 3.8) is 0 Å². The number of rotatable bonds is 0. The summed E-state index contributed by atoms with van der Waals surface area (Å²) in [7, 11) is 0. The molecule has 1 aromatic rings. The van der Waals surface area contributed by atoms with Gasteiger partial charge in [-0.05, 0) is 68.5 Å². The van der Waals surface area contributed by atoms with Crippen molar-refractivity contribution in [1.29, 1.82) is 0 Å². The van der Waals surface area contributed by atoms with Gasteiger partial charge in [-0.25, -0.2) is 0 Å². The zero-order valence-corrected chi connectivity index (χ0v) is 10.0. The first kappa shape index (κ1) is 12.8. The van der Waals surface area contributed by atoms with Crippen molar-refractivity contribution in [3.8, 4) is 0 Å². The van der Waals surface area contributed by atoms with Crippen LogP contribution < -0.4 is 0 Å². The van der Waals surface area contributed by atoms with Crippen molar-refractivity contribution in [2.75, 3.05) is 0 Å². The van der Waals surface area contributed by atoms with Crippen LogP contribution in [0.3, 0.4) is 0 Å². The van der Waals surface area contributed by atoms with Crippen LogP contribution in [0, 0.1) is 40.7 Å². The molecule has 0 fully saturated rings. The van der Waals surface area contributed by atoms with Crippen molar-refractivity contribution >= 4 is 17.7 Å². The molecule has 0 heterocycles. The Balaban J connectivity index is 0.000000671. The first-order chi connectivity index (χ1) is 6.04. The Morgan fingerprint density at radius 3 is 1.31 bits per heavy atom. The fourth-order valence-corrected chi connectivity index (χ4v) is 1.31. The zero-order valence-electron chi connectivity index (χ0n) is 10.0. The molecule has 0 aliphatic carbocycles. The molecule has 0 N–H and O–H groups in total. The van der Waals surface area contributed by atoms with Crippen LogP contribution in [0.2, 0.25) is 5.60 Å². The molecule has 0 unspecified atom stereocenters. The maximum absolute atomic E-state index is 3.35. The van der Waals surface area contributed by atoms with Crippen molar-refractivity contribution < 1.29 is 0 Å². The average molecular weight is 169 g/mol. The third-order valence-electron chi connectivity index (χ3n) is 2.62. The third kappa shape index (κ3) is 2.90. The van der Waals surface area contributed by atoms with Gasteiger partial charge in [0.05, 0.1) is 0 Å². The second kappa shape index (κ2) is 5.53. The Bertz CT molecular complexity index is 261. The summed E-state index contributed by atoms with van der Waals surface area (Å²) in [4.78, 5) is 0. The van der Waals surface area contributed by atoms with Gasteiger partial charge in [-0.15, -0.1) is 0 Å². The van der Waals surface area contributed by atoms with Crippen molar-refractivity contribution in [2.24, 2.45) is 0 Å². The molecule has 0 saturated heterocycles. The standard InChI is InChI=1S/C11H15.CH3.Li/c1-7-6-8(2)10(4)11(5)9(7)3;;/h1-5H3;1H3;. The summed E-state index contributed by atoms with van der Waals surface area (Å²) in [5.41, 5.74) is 8.75. The van der Waals surface area contributed by atoms with E-state index in [9.17, 15) is 0 Å². The molecule has 0 bridgehead atoms. The quantitative estimate of drug-likeness (QED) is 0.523. The van der Waals surface area contributed by atoms with Crippen molar-refractivity contribution in [3.05, 3.63) is 33.9 Å². The third-order valence-corrected chi connectivity index (χ3v) is 2.62. The number of benzene rings is 1. The minimum absolute atomic E-state index is 1.28. The number of hydrogen-bond acceptors (Lipinski definition) is 0. The van der Waals surface area contributed by atoms with E-state index in [-0.39, 0.29) is 0 Å². The van der Waals surface area contributed by atoms with Gasteiger partial charge in [-0.1, -0.05) is 0 Å².